The highest BCUT2D eigenvalue weighted by molar-refractivity contribution is 6.21. The number of imide groups is 1. The number of rotatable bonds is 7. The average molecular weight is 454 g/mol. The average Bonchev–Trinajstić information content (AvgIpc) is 3.09. The summed E-state index contributed by atoms with van der Waals surface area (Å²) in [5.74, 6) is -1.14. The topological polar surface area (TPSA) is 70.2 Å². The normalized spacial score (nSPS) is 20.8. The van der Waals surface area contributed by atoms with Gasteiger partial charge in [0.1, 0.15) is 5.82 Å². The highest BCUT2D eigenvalue weighted by atomic mass is 19.1. The highest BCUT2D eigenvalue weighted by Gasteiger charge is 2.39. The van der Waals surface area contributed by atoms with Crippen molar-refractivity contribution in [3.8, 4) is 0 Å². The number of carbonyl (C=O) groups excluding carboxylic acids is 3. The van der Waals surface area contributed by atoms with Crippen molar-refractivity contribution in [2.45, 2.75) is 31.9 Å². The number of hydrogen-bond acceptors (Lipinski definition) is 5. The van der Waals surface area contributed by atoms with Gasteiger partial charge in [0, 0.05) is 39.7 Å². The standard InChI is InChI=1S/C25H28FN3O4/c1-3-23(30)29(20-11-7-6-10-19(20)26)21-12-13-27(16-22(21)33-2)14-15-28-24(31)17-8-4-5-9-18(17)25(28)32/h4-11,21-22H,3,12-16H2,1-2H3/t21-,22-/m0/s1. The quantitative estimate of drug-likeness (QED) is 0.603. The molecule has 0 aliphatic carbocycles. The van der Waals surface area contributed by atoms with Crippen molar-refractivity contribution >= 4 is 23.4 Å². The Hall–Kier alpha value is -3.10. The maximum atomic E-state index is 14.6. The summed E-state index contributed by atoms with van der Waals surface area (Å²) in [4.78, 5) is 43.0. The van der Waals surface area contributed by atoms with Crippen molar-refractivity contribution in [2.24, 2.45) is 0 Å². The summed E-state index contributed by atoms with van der Waals surface area (Å²) in [7, 11) is 1.58. The molecule has 33 heavy (non-hydrogen) atoms. The molecule has 0 radical (unpaired) electrons. The smallest absolute Gasteiger partial charge is 0.261 e. The number of para-hydroxylation sites is 1. The highest BCUT2D eigenvalue weighted by Crippen LogP contribution is 2.29. The third-order valence-corrected chi connectivity index (χ3v) is 6.44. The van der Waals surface area contributed by atoms with Gasteiger partial charge in [-0.3, -0.25) is 24.2 Å². The number of methoxy groups -OCH3 is 1. The van der Waals surface area contributed by atoms with Gasteiger partial charge < -0.3 is 9.64 Å². The van der Waals surface area contributed by atoms with Crippen LogP contribution >= 0.6 is 0 Å². The van der Waals surface area contributed by atoms with Crippen molar-refractivity contribution < 1.29 is 23.5 Å². The van der Waals surface area contributed by atoms with Crippen LogP contribution in [0.2, 0.25) is 0 Å². The molecular weight excluding hydrogens is 425 g/mol. The van der Waals surface area contributed by atoms with Gasteiger partial charge in [0.05, 0.1) is 29.0 Å². The van der Waals surface area contributed by atoms with E-state index in [1.807, 2.05) is 0 Å². The number of amides is 3. The molecule has 2 aliphatic rings. The fourth-order valence-electron chi connectivity index (χ4n) is 4.70. The van der Waals surface area contributed by atoms with E-state index in [1.54, 1.807) is 56.5 Å². The molecule has 0 aromatic heterocycles. The minimum absolute atomic E-state index is 0.161. The van der Waals surface area contributed by atoms with Gasteiger partial charge in [-0.15, -0.1) is 0 Å². The first kappa shape index (κ1) is 23.1. The van der Waals surface area contributed by atoms with Gasteiger partial charge in [-0.05, 0) is 30.7 Å². The molecule has 0 N–H and O–H groups in total. The number of piperidine rings is 1. The van der Waals surface area contributed by atoms with Crippen LogP contribution in [0.25, 0.3) is 0 Å². The summed E-state index contributed by atoms with van der Waals surface area (Å²) in [6.07, 6.45) is 0.502. The Labute approximate surface area is 192 Å². The molecule has 1 fully saturated rings. The largest absolute Gasteiger partial charge is 0.378 e. The zero-order valence-corrected chi connectivity index (χ0v) is 18.9. The summed E-state index contributed by atoms with van der Waals surface area (Å²) < 4.78 is 20.3. The first-order valence-electron chi connectivity index (χ1n) is 11.2. The molecule has 0 bridgehead atoms. The fourth-order valence-corrected chi connectivity index (χ4v) is 4.70. The Morgan fingerprint density at radius 3 is 2.30 bits per heavy atom. The molecule has 2 atom stereocenters. The Balaban J connectivity index is 1.44. The van der Waals surface area contributed by atoms with Crippen LogP contribution in [0.3, 0.4) is 0 Å². The molecule has 0 spiro atoms. The van der Waals surface area contributed by atoms with Crippen molar-refractivity contribution in [3.05, 3.63) is 65.5 Å². The Kier molecular flexibility index (Phi) is 6.85. The minimum atomic E-state index is -0.442. The molecule has 2 heterocycles. The van der Waals surface area contributed by atoms with Gasteiger partial charge in [-0.25, -0.2) is 4.39 Å². The summed E-state index contributed by atoms with van der Waals surface area (Å²) in [6, 6.07) is 12.8. The lowest BCUT2D eigenvalue weighted by molar-refractivity contribution is -0.120. The molecule has 174 valence electrons. The Morgan fingerprint density at radius 2 is 1.70 bits per heavy atom. The molecule has 2 aliphatic heterocycles. The predicted molar refractivity (Wildman–Crippen MR) is 122 cm³/mol. The number of carbonyl (C=O) groups is 3. The molecule has 0 unspecified atom stereocenters. The molecule has 2 aromatic carbocycles. The Morgan fingerprint density at radius 1 is 1.06 bits per heavy atom. The van der Waals surface area contributed by atoms with Gasteiger partial charge in [0.25, 0.3) is 11.8 Å². The SMILES string of the molecule is CCC(=O)N(c1ccccc1F)[C@H]1CCN(CCN2C(=O)c3ccccc3C2=O)C[C@@H]1OC. The zero-order valence-electron chi connectivity index (χ0n) is 18.9. The number of fused-ring (bicyclic) bond motifs is 1. The van der Waals surface area contributed by atoms with Crippen LogP contribution < -0.4 is 4.90 Å². The summed E-state index contributed by atoms with van der Waals surface area (Å²) >= 11 is 0. The number of anilines is 1. The third-order valence-electron chi connectivity index (χ3n) is 6.44. The molecule has 3 amide bonds. The fraction of sp³-hybridized carbons (Fsp3) is 0.400. The van der Waals surface area contributed by atoms with Crippen LogP contribution in [-0.4, -0.2) is 73.0 Å². The maximum Gasteiger partial charge on any atom is 0.261 e. The van der Waals surface area contributed by atoms with Gasteiger partial charge in [0.15, 0.2) is 0 Å². The monoisotopic (exact) mass is 453 g/mol. The number of benzene rings is 2. The van der Waals surface area contributed by atoms with Crippen molar-refractivity contribution in [1.29, 1.82) is 0 Å². The lowest BCUT2D eigenvalue weighted by Crippen LogP contribution is -2.57. The van der Waals surface area contributed by atoms with E-state index >= 15 is 0 Å². The van der Waals surface area contributed by atoms with E-state index in [0.29, 0.717) is 37.2 Å². The van der Waals surface area contributed by atoms with E-state index in [-0.39, 0.29) is 48.5 Å². The van der Waals surface area contributed by atoms with Gasteiger partial charge in [-0.1, -0.05) is 31.2 Å². The van der Waals surface area contributed by atoms with Crippen LogP contribution in [0.4, 0.5) is 10.1 Å². The van der Waals surface area contributed by atoms with Crippen LogP contribution in [0, 0.1) is 5.82 Å². The minimum Gasteiger partial charge on any atom is -0.378 e. The maximum absolute atomic E-state index is 14.6. The molecule has 8 heteroatoms. The van der Waals surface area contributed by atoms with E-state index in [2.05, 4.69) is 4.90 Å². The first-order chi connectivity index (χ1) is 16.0. The molecule has 2 aromatic rings. The van der Waals surface area contributed by atoms with Gasteiger partial charge >= 0.3 is 0 Å². The number of likely N-dealkylation sites (tertiary alicyclic amines) is 1. The van der Waals surface area contributed by atoms with Crippen LogP contribution in [-0.2, 0) is 9.53 Å². The van der Waals surface area contributed by atoms with Crippen LogP contribution in [0.1, 0.15) is 40.5 Å². The van der Waals surface area contributed by atoms with Crippen LogP contribution in [0.5, 0.6) is 0 Å². The molecular formula is C25H28FN3O4. The summed E-state index contributed by atoms with van der Waals surface area (Å²) in [6.45, 7) is 3.68. The summed E-state index contributed by atoms with van der Waals surface area (Å²) in [5, 5.41) is 0. The third kappa shape index (κ3) is 4.41. The van der Waals surface area contributed by atoms with E-state index in [1.165, 1.54) is 15.9 Å². The van der Waals surface area contributed by atoms with E-state index in [0.717, 1.165) is 0 Å². The molecule has 0 saturated carbocycles. The Bertz CT molecular complexity index is 1020. The number of ether oxygens (including phenoxy) is 1. The summed E-state index contributed by atoms with van der Waals surface area (Å²) in [5.41, 5.74) is 1.14. The van der Waals surface area contributed by atoms with Crippen molar-refractivity contribution in [1.82, 2.24) is 9.80 Å². The van der Waals surface area contributed by atoms with E-state index in [4.69, 9.17) is 4.74 Å². The van der Waals surface area contributed by atoms with Gasteiger partial charge in [0.2, 0.25) is 5.91 Å². The second-order valence-corrected chi connectivity index (χ2v) is 8.31. The van der Waals surface area contributed by atoms with Gasteiger partial charge in [-0.2, -0.15) is 0 Å². The lowest BCUT2D eigenvalue weighted by atomic mass is 9.98. The number of nitrogens with zero attached hydrogens (tertiary/aromatic N) is 3. The van der Waals surface area contributed by atoms with Crippen LogP contribution in [0.15, 0.2) is 48.5 Å². The predicted octanol–water partition coefficient (Wildman–Crippen LogP) is 2.95. The first-order valence-corrected chi connectivity index (χ1v) is 11.2. The second-order valence-electron chi connectivity index (χ2n) is 8.31. The molecule has 4 rings (SSSR count). The van der Waals surface area contributed by atoms with Crippen molar-refractivity contribution in [3.63, 3.8) is 0 Å². The zero-order chi connectivity index (χ0) is 23.5. The second kappa shape index (κ2) is 9.80. The molecule has 7 nitrogen and oxygen atoms in total. The number of halogens is 1. The van der Waals surface area contributed by atoms with Crippen molar-refractivity contribution in [2.75, 3.05) is 38.2 Å². The molecule has 1 saturated heterocycles. The lowest BCUT2D eigenvalue weighted by Gasteiger charge is -2.43. The van der Waals surface area contributed by atoms with E-state index in [9.17, 15) is 18.8 Å². The van der Waals surface area contributed by atoms with E-state index < -0.39 is 5.82 Å². The number of hydrogen-bond donors (Lipinski definition) is 0.